The Kier molecular flexibility index (Phi) is 6.47. The van der Waals surface area contributed by atoms with Gasteiger partial charge in [0.05, 0.1) is 4.92 Å². The van der Waals surface area contributed by atoms with Crippen LogP contribution in [-0.4, -0.2) is 4.92 Å². The second kappa shape index (κ2) is 6.76. The van der Waals surface area contributed by atoms with E-state index < -0.39 is 0 Å². The maximum Gasteiger partial charge on any atom is 0.324 e. The Morgan fingerprint density at radius 1 is 1.67 bits per heavy atom. The van der Waals surface area contributed by atoms with Crippen molar-refractivity contribution in [1.82, 2.24) is 0 Å². The molecule has 86 valence electrons. The molecular weight excluding hydrogens is 236 g/mol. The third-order valence-electron chi connectivity index (χ3n) is 2.08. The highest BCUT2D eigenvalue weighted by molar-refractivity contribution is 7.13. The first-order chi connectivity index (χ1) is 6.65. The van der Waals surface area contributed by atoms with Crippen molar-refractivity contribution in [2.45, 2.75) is 32.2 Å². The quantitative estimate of drug-likeness (QED) is 0.644. The number of nitro groups is 1. The Morgan fingerprint density at radius 2 is 2.33 bits per heavy atom. The average Bonchev–Trinajstić information content (AvgIpc) is 2.62. The SMILES string of the molecule is CCCC[C@H](N)c1csc([N+](=O)[O-])c1.Cl. The smallest absolute Gasteiger partial charge is 0.324 e. The van der Waals surface area contributed by atoms with Gasteiger partial charge in [0.2, 0.25) is 0 Å². The van der Waals surface area contributed by atoms with Crippen LogP contribution in [0.15, 0.2) is 11.4 Å². The molecule has 0 spiro atoms. The van der Waals surface area contributed by atoms with Crippen LogP contribution in [0.3, 0.4) is 0 Å². The van der Waals surface area contributed by atoms with Crippen molar-refractivity contribution in [3.05, 3.63) is 27.1 Å². The number of unbranched alkanes of at least 4 members (excludes halogenated alkanes) is 1. The molecule has 0 aliphatic heterocycles. The monoisotopic (exact) mass is 250 g/mol. The zero-order valence-electron chi connectivity index (χ0n) is 8.51. The molecule has 15 heavy (non-hydrogen) atoms. The van der Waals surface area contributed by atoms with Crippen molar-refractivity contribution in [3.63, 3.8) is 0 Å². The average molecular weight is 251 g/mol. The molecule has 0 unspecified atom stereocenters. The molecule has 6 heteroatoms. The highest BCUT2D eigenvalue weighted by Gasteiger charge is 2.13. The highest BCUT2D eigenvalue weighted by atomic mass is 35.5. The molecule has 0 aliphatic carbocycles. The number of hydrogen-bond acceptors (Lipinski definition) is 4. The first kappa shape index (κ1) is 14.3. The summed E-state index contributed by atoms with van der Waals surface area (Å²) in [4.78, 5) is 10.1. The first-order valence-electron chi connectivity index (χ1n) is 4.63. The van der Waals surface area contributed by atoms with E-state index in [1.165, 1.54) is 0 Å². The molecule has 0 fully saturated rings. The van der Waals surface area contributed by atoms with Gasteiger partial charge in [-0.1, -0.05) is 31.1 Å². The largest absolute Gasteiger partial charge is 0.324 e. The molecule has 0 saturated heterocycles. The zero-order chi connectivity index (χ0) is 10.6. The maximum absolute atomic E-state index is 10.4. The van der Waals surface area contributed by atoms with Crippen LogP contribution in [0.2, 0.25) is 0 Å². The van der Waals surface area contributed by atoms with Gasteiger partial charge in [-0.3, -0.25) is 10.1 Å². The van der Waals surface area contributed by atoms with Crippen molar-refractivity contribution < 1.29 is 4.92 Å². The van der Waals surface area contributed by atoms with E-state index in [0.717, 1.165) is 36.2 Å². The van der Waals surface area contributed by atoms with Crippen LogP contribution in [-0.2, 0) is 0 Å². The topological polar surface area (TPSA) is 69.2 Å². The Labute approximate surface area is 99.0 Å². The lowest BCUT2D eigenvalue weighted by molar-refractivity contribution is -0.380. The van der Waals surface area contributed by atoms with Gasteiger partial charge in [0.1, 0.15) is 0 Å². The van der Waals surface area contributed by atoms with Gasteiger partial charge in [-0.2, -0.15) is 0 Å². The lowest BCUT2D eigenvalue weighted by Gasteiger charge is -2.07. The summed E-state index contributed by atoms with van der Waals surface area (Å²) in [5, 5.41) is 12.4. The summed E-state index contributed by atoms with van der Waals surface area (Å²) in [5.41, 5.74) is 6.76. The van der Waals surface area contributed by atoms with Crippen LogP contribution in [0.25, 0.3) is 0 Å². The van der Waals surface area contributed by atoms with Crippen LogP contribution < -0.4 is 5.73 Å². The lowest BCUT2D eigenvalue weighted by atomic mass is 10.1. The number of hydrogen-bond donors (Lipinski definition) is 1. The van der Waals surface area contributed by atoms with Crippen molar-refractivity contribution >= 4 is 28.7 Å². The van der Waals surface area contributed by atoms with Gasteiger partial charge >= 0.3 is 5.00 Å². The molecule has 1 aromatic rings. The van der Waals surface area contributed by atoms with Crippen molar-refractivity contribution in [3.8, 4) is 0 Å². The Bertz CT molecular complexity index is 317. The molecule has 0 bridgehead atoms. The van der Waals surface area contributed by atoms with Crippen molar-refractivity contribution in [2.75, 3.05) is 0 Å². The van der Waals surface area contributed by atoms with Crippen LogP contribution in [0.4, 0.5) is 5.00 Å². The van der Waals surface area contributed by atoms with E-state index in [1.807, 2.05) is 0 Å². The summed E-state index contributed by atoms with van der Waals surface area (Å²) in [6, 6.07) is 1.52. The van der Waals surface area contributed by atoms with Gasteiger partial charge in [0, 0.05) is 17.5 Å². The Hall–Kier alpha value is -0.650. The number of rotatable bonds is 5. The van der Waals surface area contributed by atoms with E-state index in [9.17, 15) is 10.1 Å². The minimum Gasteiger partial charge on any atom is -0.324 e. The minimum atomic E-state index is -0.374. The second-order valence-electron chi connectivity index (χ2n) is 3.22. The van der Waals surface area contributed by atoms with Gasteiger partial charge < -0.3 is 5.73 Å². The van der Waals surface area contributed by atoms with Crippen LogP contribution >= 0.6 is 23.7 Å². The van der Waals surface area contributed by atoms with Crippen molar-refractivity contribution in [2.24, 2.45) is 5.73 Å². The number of nitrogens with two attached hydrogens (primary N) is 1. The maximum atomic E-state index is 10.4. The van der Waals surface area contributed by atoms with Crippen LogP contribution in [0, 0.1) is 10.1 Å². The Morgan fingerprint density at radius 3 is 2.80 bits per heavy atom. The summed E-state index contributed by atoms with van der Waals surface area (Å²) < 4.78 is 0. The van der Waals surface area contributed by atoms with E-state index in [2.05, 4.69) is 6.92 Å². The van der Waals surface area contributed by atoms with Crippen molar-refractivity contribution in [1.29, 1.82) is 0 Å². The molecular formula is C9H15ClN2O2S. The predicted octanol–water partition coefficient (Wildman–Crippen LogP) is 3.27. The summed E-state index contributed by atoms with van der Waals surface area (Å²) >= 11 is 1.14. The molecule has 2 N–H and O–H groups in total. The van der Waals surface area contributed by atoms with Gasteiger partial charge in [-0.25, -0.2) is 0 Å². The molecule has 4 nitrogen and oxygen atoms in total. The zero-order valence-corrected chi connectivity index (χ0v) is 10.1. The third kappa shape index (κ3) is 4.15. The van der Waals surface area contributed by atoms with Gasteiger partial charge in [0.25, 0.3) is 0 Å². The van der Waals surface area contributed by atoms with Gasteiger partial charge in [-0.15, -0.1) is 12.4 Å². The molecule has 0 radical (unpaired) electrons. The summed E-state index contributed by atoms with van der Waals surface area (Å²) in [7, 11) is 0. The molecule has 0 saturated carbocycles. The van der Waals surface area contributed by atoms with E-state index in [4.69, 9.17) is 5.73 Å². The summed E-state index contributed by atoms with van der Waals surface area (Å²) in [6.45, 7) is 2.10. The van der Waals surface area contributed by atoms with E-state index in [1.54, 1.807) is 11.4 Å². The van der Waals surface area contributed by atoms with Gasteiger partial charge in [-0.05, 0) is 12.0 Å². The van der Waals surface area contributed by atoms with Crippen LogP contribution in [0.1, 0.15) is 37.8 Å². The standard InChI is InChI=1S/C9H14N2O2S.ClH/c1-2-3-4-8(10)7-5-9(11(12)13)14-6-7;/h5-6,8H,2-4,10H2,1H3;1H/t8-;/m0./s1. The lowest BCUT2D eigenvalue weighted by Crippen LogP contribution is -2.08. The number of halogens is 1. The molecule has 1 aromatic heterocycles. The fourth-order valence-electron chi connectivity index (χ4n) is 1.22. The fraction of sp³-hybridized carbons (Fsp3) is 0.556. The molecule has 1 heterocycles. The first-order valence-corrected chi connectivity index (χ1v) is 5.51. The molecule has 1 rings (SSSR count). The number of nitrogens with zero attached hydrogens (tertiary/aromatic N) is 1. The Balaban J connectivity index is 0.00000196. The molecule has 1 atom stereocenters. The number of thiophene rings is 1. The van der Waals surface area contributed by atoms with E-state index in [-0.39, 0.29) is 28.4 Å². The predicted molar refractivity (Wildman–Crippen MR) is 64.7 cm³/mol. The summed E-state index contributed by atoms with van der Waals surface area (Å²) in [5.74, 6) is 0. The molecule has 0 amide bonds. The molecule has 0 aromatic carbocycles. The van der Waals surface area contributed by atoms with E-state index in [0.29, 0.717) is 0 Å². The summed E-state index contributed by atoms with van der Waals surface area (Å²) in [6.07, 6.45) is 3.05. The van der Waals surface area contributed by atoms with E-state index >= 15 is 0 Å². The second-order valence-corrected chi connectivity index (χ2v) is 4.11. The highest BCUT2D eigenvalue weighted by Crippen LogP contribution is 2.27. The normalized spacial score (nSPS) is 11.9. The fourth-order valence-corrected chi connectivity index (χ4v) is 2.01. The van der Waals surface area contributed by atoms with Gasteiger partial charge in [0.15, 0.2) is 0 Å². The third-order valence-corrected chi connectivity index (χ3v) is 2.98. The minimum absolute atomic E-state index is 0. The van der Waals surface area contributed by atoms with Crippen LogP contribution in [0.5, 0.6) is 0 Å². The molecule has 0 aliphatic rings.